The third-order valence-corrected chi connectivity index (χ3v) is 14.5. The normalized spacial score (nSPS) is 32.1. The van der Waals surface area contributed by atoms with Crippen LogP contribution < -0.4 is 4.90 Å². The van der Waals surface area contributed by atoms with Crippen LogP contribution in [0.1, 0.15) is 63.1 Å². The van der Waals surface area contributed by atoms with Crippen LogP contribution in [0.5, 0.6) is 0 Å². The van der Waals surface area contributed by atoms with E-state index in [4.69, 9.17) is 57.2 Å². The predicted octanol–water partition coefficient (Wildman–Crippen LogP) is -1.53. The monoisotopic (exact) mass is 1260 g/mol. The molecular weight excluding hydrogens is 1170 g/mol. The number of rotatable bonds is 27. The van der Waals surface area contributed by atoms with Gasteiger partial charge in [-0.05, 0) is 50.5 Å². The van der Waals surface area contributed by atoms with Crippen LogP contribution in [0.15, 0.2) is 40.6 Å². The van der Waals surface area contributed by atoms with Crippen molar-refractivity contribution in [2.75, 3.05) is 85.1 Å². The van der Waals surface area contributed by atoms with Crippen molar-refractivity contribution >= 4 is 28.7 Å². The highest BCUT2D eigenvalue weighted by Crippen LogP contribution is 2.36. The average Bonchev–Trinajstić information content (AvgIpc) is 0.967. The molecule has 495 valence electrons. The summed E-state index contributed by atoms with van der Waals surface area (Å²) in [5.74, 6) is -0.322. The summed E-state index contributed by atoms with van der Waals surface area (Å²) in [5, 5.41) is 161. The van der Waals surface area contributed by atoms with Crippen LogP contribution in [-0.4, -0.2) is 275 Å². The molecule has 20 unspecified atom stereocenters. The van der Waals surface area contributed by atoms with Crippen molar-refractivity contribution in [2.45, 2.75) is 176 Å². The minimum atomic E-state index is -1.95. The number of methoxy groups -OCH3 is 2. The van der Waals surface area contributed by atoms with E-state index in [0.29, 0.717) is 12.2 Å². The number of azo groups is 1. The van der Waals surface area contributed by atoms with Crippen molar-refractivity contribution in [1.82, 2.24) is 0 Å². The molecule has 2 aromatic carbocycles. The van der Waals surface area contributed by atoms with Gasteiger partial charge in [0.25, 0.3) is 5.69 Å². The minimum absolute atomic E-state index is 0.0139. The number of carbonyl (C=O) groups is 1. The van der Waals surface area contributed by atoms with Gasteiger partial charge in [-0.3, -0.25) is 14.9 Å². The lowest BCUT2D eigenvalue weighted by molar-refractivity contribution is -0.384. The molecule has 2 aromatic rings. The number of ether oxygens (including phenoxy) is 11. The molecule has 12 N–H and O–H groups in total. The van der Waals surface area contributed by atoms with Gasteiger partial charge < -0.3 is 118 Å². The number of esters is 1. The van der Waals surface area contributed by atoms with Crippen LogP contribution in [0.3, 0.4) is 0 Å². The van der Waals surface area contributed by atoms with Gasteiger partial charge in [0.15, 0.2) is 18.9 Å². The number of nitro groups is 1. The number of nitrogens with zero attached hydrogens (tertiary/aromatic N) is 6. The number of carbonyl (C=O) groups excluding carboxylic acids is 1. The zero-order valence-electron chi connectivity index (χ0n) is 49.8. The molecule has 0 saturated carbocycles. The van der Waals surface area contributed by atoms with Crippen molar-refractivity contribution in [3.05, 3.63) is 64.1 Å². The van der Waals surface area contributed by atoms with Crippen molar-refractivity contribution in [3.63, 3.8) is 0 Å². The van der Waals surface area contributed by atoms with Gasteiger partial charge in [0.2, 0.25) is 0 Å². The van der Waals surface area contributed by atoms with Crippen LogP contribution in [-0.2, 0) is 56.9 Å². The topological polar surface area (TPSA) is 480 Å². The Morgan fingerprint density at radius 2 is 1.23 bits per heavy atom. The Hall–Kier alpha value is -5.19. The van der Waals surface area contributed by atoms with E-state index < -0.39 is 161 Å². The van der Waals surface area contributed by atoms with E-state index in [0.717, 1.165) is 55.6 Å². The van der Waals surface area contributed by atoms with Crippen molar-refractivity contribution < 1.29 is 123 Å². The summed E-state index contributed by atoms with van der Waals surface area (Å²) in [7, 11) is 2.50. The fourth-order valence-corrected chi connectivity index (χ4v) is 9.74. The summed E-state index contributed by atoms with van der Waals surface area (Å²) in [5.41, 5.74) is 1.70. The maximum atomic E-state index is 11.4. The Bertz CT molecular complexity index is 2510. The number of non-ortho nitro benzene ring substituents is 1. The molecular formula is C56H85N6O26. The number of hydrogen-bond acceptors (Lipinski definition) is 31. The van der Waals surface area contributed by atoms with Crippen LogP contribution in [0.25, 0.3) is 0 Å². The first kappa shape index (κ1) is 75.3. The second-order valence-electron chi connectivity index (χ2n) is 20.6. The maximum absolute atomic E-state index is 11.4. The number of aliphatic hydroxyl groups is 12. The SMILES string of the molecule is CCCCN(CCOC(C)=O)c1ccc(N=Nc2c(C#N)cc([N+](=O)[O-])cc2C#N)c(C)c1.COC1C(CO)OC(OCC2OC(OC3C(CO)OC(C)C(O)C3O)C(O)C(O)C2OC2OC(CO)C(OC)C(O)C2OCCO)C(O)C1O.[CH2]CCCO. The van der Waals surface area contributed by atoms with E-state index in [1.54, 1.807) is 6.07 Å². The van der Waals surface area contributed by atoms with Crippen molar-refractivity contribution in [1.29, 1.82) is 10.5 Å². The number of aliphatic hydroxyl groups excluding tert-OH is 12. The van der Waals surface area contributed by atoms with Gasteiger partial charge >= 0.3 is 5.97 Å². The lowest BCUT2D eigenvalue weighted by atomic mass is 9.94. The summed E-state index contributed by atoms with van der Waals surface area (Å²) >= 11 is 0. The van der Waals surface area contributed by atoms with E-state index in [1.807, 2.05) is 31.2 Å². The number of aryl methyl sites for hydroxylation is 1. The molecule has 88 heavy (non-hydrogen) atoms. The van der Waals surface area contributed by atoms with Gasteiger partial charge in [-0.2, -0.15) is 15.6 Å². The van der Waals surface area contributed by atoms with Gasteiger partial charge in [-0.1, -0.05) is 26.7 Å². The van der Waals surface area contributed by atoms with Gasteiger partial charge in [0.05, 0.1) is 74.0 Å². The second-order valence-corrected chi connectivity index (χ2v) is 20.6. The molecule has 6 rings (SSSR count). The summed E-state index contributed by atoms with van der Waals surface area (Å²) < 4.78 is 61.5. The third kappa shape index (κ3) is 20.2. The molecule has 0 aliphatic carbocycles. The molecule has 1 radical (unpaired) electrons. The Morgan fingerprint density at radius 3 is 1.75 bits per heavy atom. The molecule has 20 atom stereocenters. The molecule has 4 aliphatic heterocycles. The quantitative estimate of drug-likeness (QED) is 0.0209. The fraction of sp³-hybridized carbons (Fsp3) is 0.714. The maximum Gasteiger partial charge on any atom is 0.302 e. The summed E-state index contributed by atoms with van der Waals surface area (Å²) in [6, 6.07) is 11.4. The van der Waals surface area contributed by atoms with Crippen molar-refractivity contribution in [3.8, 4) is 12.1 Å². The van der Waals surface area contributed by atoms with Crippen LogP contribution in [0.4, 0.5) is 22.7 Å². The molecule has 4 aliphatic rings. The highest BCUT2D eigenvalue weighted by Gasteiger charge is 2.55. The summed E-state index contributed by atoms with van der Waals surface area (Å²) in [6.45, 7) is 8.89. The molecule has 0 spiro atoms. The molecule has 0 bridgehead atoms. The van der Waals surface area contributed by atoms with Gasteiger partial charge in [-0.15, -0.1) is 5.11 Å². The highest BCUT2D eigenvalue weighted by molar-refractivity contribution is 5.67. The van der Waals surface area contributed by atoms with E-state index in [2.05, 4.69) is 29.0 Å². The number of hydrogen-bond donors (Lipinski definition) is 12. The van der Waals surface area contributed by atoms with Crippen LogP contribution in [0, 0.1) is 46.6 Å². The van der Waals surface area contributed by atoms with Crippen molar-refractivity contribution in [2.24, 2.45) is 10.2 Å². The van der Waals surface area contributed by atoms with E-state index in [9.17, 15) is 81.6 Å². The number of nitriles is 2. The van der Waals surface area contributed by atoms with E-state index in [1.165, 1.54) is 28.1 Å². The summed E-state index contributed by atoms with van der Waals surface area (Å²) in [4.78, 5) is 23.6. The lowest BCUT2D eigenvalue weighted by Crippen LogP contribution is -2.67. The van der Waals surface area contributed by atoms with Gasteiger partial charge in [0.1, 0.15) is 122 Å². The molecule has 4 fully saturated rings. The zero-order valence-corrected chi connectivity index (χ0v) is 49.8. The first-order valence-electron chi connectivity index (χ1n) is 28.4. The zero-order chi connectivity index (χ0) is 65.4. The van der Waals surface area contributed by atoms with Crippen LogP contribution in [0.2, 0.25) is 0 Å². The first-order valence-corrected chi connectivity index (χ1v) is 28.4. The number of unbranched alkanes of at least 4 members (excludes halogenated alkanes) is 2. The molecule has 4 saturated heterocycles. The third-order valence-electron chi connectivity index (χ3n) is 14.5. The Kier molecular flexibility index (Phi) is 32.4. The number of nitro benzene ring substituents is 1. The molecule has 0 amide bonds. The largest absolute Gasteiger partial charge is 0.464 e. The minimum Gasteiger partial charge on any atom is -0.464 e. The summed E-state index contributed by atoms with van der Waals surface area (Å²) in [6.07, 6.45) is -25.7. The van der Waals surface area contributed by atoms with Gasteiger partial charge in [0, 0.05) is 52.1 Å². The van der Waals surface area contributed by atoms with E-state index >= 15 is 0 Å². The molecule has 32 heteroatoms. The standard InChI is InChI=1S/C29H52O21.C23H24N6O4.C4H9O/c1-10-15(34)16(35)24(13(8-33)45-10)49-28-20(39)18(37)25(50-29-26(43-5-4-30)21(40)23(42-3)12(7-32)47-29)14(48-28)9-44-27-19(38)17(36)22(41-2)11(6-31)46-27;1-4-5-8-28(9-10-33-17(3)30)20-6-7-22(16(2)11-20)26-27-23-18(14-24)12-21(29(31)32)13-19(23)15-25;1-2-3-4-5/h10-40H,4-9H2,1-3H3;6-7,11-13H,4-5,8-10H2,1-3H3;5H,1-4H2. The number of anilines is 1. The number of benzene rings is 2. The predicted molar refractivity (Wildman–Crippen MR) is 301 cm³/mol. The Morgan fingerprint density at radius 1 is 0.682 bits per heavy atom. The van der Waals surface area contributed by atoms with Gasteiger partial charge in [-0.25, -0.2) is 0 Å². The fourth-order valence-electron chi connectivity index (χ4n) is 9.74. The lowest BCUT2D eigenvalue weighted by Gasteiger charge is -2.49. The second kappa shape index (κ2) is 37.8. The molecule has 32 nitrogen and oxygen atoms in total. The van der Waals surface area contributed by atoms with Crippen LogP contribution >= 0.6 is 0 Å². The smallest absolute Gasteiger partial charge is 0.302 e. The Balaban J connectivity index is 0.000000375. The molecule has 4 heterocycles. The van der Waals surface area contributed by atoms with E-state index in [-0.39, 0.29) is 48.3 Å². The Labute approximate surface area is 508 Å². The average molecular weight is 1260 g/mol. The highest BCUT2D eigenvalue weighted by atomic mass is 16.8. The first-order chi connectivity index (χ1) is 42.1. The molecule has 0 aromatic heterocycles.